The summed E-state index contributed by atoms with van der Waals surface area (Å²) in [6.45, 7) is 2.91. The first-order chi connectivity index (χ1) is 9.52. The molecular formula is C13H18N2O3S2. The molecule has 1 saturated carbocycles. The predicted octanol–water partition coefficient (Wildman–Crippen LogP) is 1.31. The van der Waals surface area contributed by atoms with Gasteiger partial charge in [-0.05, 0) is 31.4 Å². The Hall–Kier alpha value is -0.920. The molecule has 1 saturated heterocycles. The number of hydrogen-bond donors (Lipinski definition) is 0. The molecule has 1 aliphatic heterocycles. The molecule has 2 fully saturated rings. The number of carbonyl (C=O) groups excluding carboxylic acids is 1. The molecule has 0 atom stereocenters. The van der Waals surface area contributed by atoms with E-state index in [9.17, 15) is 13.2 Å². The number of nitrogens with zero attached hydrogens (tertiary/aromatic N) is 2. The molecule has 1 amide bonds. The zero-order chi connectivity index (χ0) is 14.3. The molecule has 110 valence electrons. The Kier molecular flexibility index (Phi) is 3.60. The normalized spacial score (nSPS) is 21.4. The summed E-state index contributed by atoms with van der Waals surface area (Å²) in [5.74, 6) is -0.0606. The van der Waals surface area contributed by atoms with Gasteiger partial charge in [0.05, 0.1) is 6.54 Å². The van der Waals surface area contributed by atoms with Crippen LogP contribution in [-0.4, -0.2) is 49.2 Å². The highest BCUT2D eigenvalue weighted by molar-refractivity contribution is 7.91. The molecule has 0 radical (unpaired) electrons. The Morgan fingerprint density at radius 3 is 2.60 bits per heavy atom. The van der Waals surface area contributed by atoms with Crippen molar-refractivity contribution in [3.8, 4) is 0 Å². The van der Waals surface area contributed by atoms with Crippen LogP contribution in [0.15, 0.2) is 16.3 Å². The molecule has 20 heavy (non-hydrogen) atoms. The number of rotatable bonds is 4. The van der Waals surface area contributed by atoms with Crippen LogP contribution < -0.4 is 0 Å². The molecule has 2 aliphatic rings. The second-order valence-corrected chi connectivity index (χ2v) is 8.56. The highest BCUT2D eigenvalue weighted by Gasteiger charge is 2.39. The second kappa shape index (κ2) is 5.13. The van der Waals surface area contributed by atoms with Crippen molar-refractivity contribution in [3.05, 3.63) is 17.0 Å². The van der Waals surface area contributed by atoms with Gasteiger partial charge in [0.2, 0.25) is 5.91 Å². The van der Waals surface area contributed by atoms with Crippen molar-refractivity contribution in [2.45, 2.75) is 36.4 Å². The van der Waals surface area contributed by atoms with Crippen LogP contribution in [0.2, 0.25) is 0 Å². The highest BCUT2D eigenvalue weighted by atomic mass is 32.2. The highest BCUT2D eigenvalue weighted by Crippen LogP contribution is 2.30. The molecule has 0 aromatic carbocycles. The maximum Gasteiger partial charge on any atom is 0.253 e. The van der Waals surface area contributed by atoms with Crippen LogP contribution in [0.25, 0.3) is 0 Å². The van der Waals surface area contributed by atoms with E-state index in [0.717, 1.165) is 24.1 Å². The Labute approximate surface area is 123 Å². The van der Waals surface area contributed by atoms with Crippen molar-refractivity contribution < 1.29 is 13.2 Å². The van der Waals surface area contributed by atoms with Crippen molar-refractivity contribution in [3.63, 3.8) is 0 Å². The molecule has 0 N–H and O–H groups in total. The summed E-state index contributed by atoms with van der Waals surface area (Å²) < 4.78 is 26.7. The van der Waals surface area contributed by atoms with E-state index in [0.29, 0.717) is 23.3 Å². The van der Waals surface area contributed by atoms with Gasteiger partial charge in [0.1, 0.15) is 4.21 Å². The number of hydrogen-bond acceptors (Lipinski definition) is 4. The van der Waals surface area contributed by atoms with Gasteiger partial charge in [-0.15, -0.1) is 11.3 Å². The fraction of sp³-hybridized carbons (Fsp3) is 0.615. The van der Waals surface area contributed by atoms with Crippen LogP contribution in [0, 0.1) is 0 Å². The first-order valence-corrected chi connectivity index (χ1v) is 9.16. The van der Waals surface area contributed by atoms with Crippen LogP contribution in [0.1, 0.15) is 24.6 Å². The Balaban J connectivity index is 1.76. The lowest BCUT2D eigenvalue weighted by atomic mass is 10.3. The number of piperazine rings is 1. The van der Waals surface area contributed by atoms with Gasteiger partial charge in [0, 0.05) is 24.0 Å². The van der Waals surface area contributed by atoms with Crippen molar-refractivity contribution in [1.82, 2.24) is 9.21 Å². The summed E-state index contributed by atoms with van der Waals surface area (Å²) in [4.78, 5) is 14.9. The lowest BCUT2D eigenvalue weighted by Crippen LogP contribution is -2.52. The van der Waals surface area contributed by atoms with Crippen LogP contribution in [0.5, 0.6) is 0 Å². The standard InChI is InChI=1S/C13H18N2O3S2/c1-2-11-5-6-13(19-11)20(17,18)14-7-8-15(10-3-4-10)12(16)9-14/h5-6,10H,2-4,7-9H2,1H3. The van der Waals surface area contributed by atoms with E-state index in [1.807, 2.05) is 17.9 Å². The van der Waals surface area contributed by atoms with E-state index in [-0.39, 0.29) is 12.5 Å². The maximum absolute atomic E-state index is 12.5. The van der Waals surface area contributed by atoms with E-state index in [2.05, 4.69) is 0 Å². The van der Waals surface area contributed by atoms with Gasteiger partial charge in [0.15, 0.2) is 0 Å². The molecule has 0 bridgehead atoms. The monoisotopic (exact) mass is 314 g/mol. The molecule has 7 heteroatoms. The Bertz CT molecular complexity index is 619. The van der Waals surface area contributed by atoms with Crippen molar-refractivity contribution in [2.75, 3.05) is 19.6 Å². The maximum atomic E-state index is 12.5. The largest absolute Gasteiger partial charge is 0.337 e. The lowest BCUT2D eigenvalue weighted by Gasteiger charge is -2.33. The van der Waals surface area contributed by atoms with Gasteiger partial charge >= 0.3 is 0 Å². The molecule has 5 nitrogen and oxygen atoms in total. The average Bonchev–Trinajstić information content (AvgIpc) is 3.14. The Morgan fingerprint density at radius 1 is 1.30 bits per heavy atom. The van der Waals surface area contributed by atoms with Gasteiger partial charge in [-0.25, -0.2) is 8.42 Å². The summed E-state index contributed by atoms with van der Waals surface area (Å²) in [5, 5.41) is 0. The van der Waals surface area contributed by atoms with Gasteiger partial charge in [-0.3, -0.25) is 4.79 Å². The quantitative estimate of drug-likeness (QED) is 0.842. The minimum Gasteiger partial charge on any atom is -0.337 e. The van der Waals surface area contributed by atoms with Crippen LogP contribution in [-0.2, 0) is 21.2 Å². The van der Waals surface area contributed by atoms with Gasteiger partial charge in [-0.2, -0.15) is 4.31 Å². The van der Waals surface area contributed by atoms with Crippen LogP contribution >= 0.6 is 11.3 Å². The molecule has 2 heterocycles. The molecule has 1 aromatic rings. The third-order valence-electron chi connectivity index (χ3n) is 3.79. The zero-order valence-electron chi connectivity index (χ0n) is 11.4. The molecule has 3 rings (SSSR count). The minimum atomic E-state index is -3.51. The number of thiophene rings is 1. The van der Waals surface area contributed by atoms with E-state index >= 15 is 0 Å². The summed E-state index contributed by atoms with van der Waals surface area (Å²) in [7, 11) is -3.51. The fourth-order valence-electron chi connectivity index (χ4n) is 2.46. The number of carbonyl (C=O) groups is 1. The average molecular weight is 314 g/mol. The van der Waals surface area contributed by atoms with E-state index in [1.54, 1.807) is 6.07 Å². The summed E-state index contributed by atoms with van der Waals surface area (Å²) in [5.41, 5.74) is 0. The van der Waals surface area contributed by atoms with Gasteiger partial charge in [-0.1, -0.05) is 6.92 Å². The Morgan fingerprint density at radius 2 is 2.05 bits per heavy atom. The number of aryl methyl sites for hydroxylation is 1. The first kappa shape index (κ1) is 14.0. The van der Waals surface area contributed by atoms with Crippen molar-refractivity contribution >= 4 is 27.3 Å². The zero-order valence-corrected chi connectivity index (χ0v) is 13.0. The topological polar surface area (TPSA) is 57.7 Å². The summed E-state index contributed by atoms with van der Waals surface area (Å²) >= 11 is 1.30. The summed E-state index contributed by atoms with van der Waals surface area (Å²) in [6.07, 6.45) is 2.95. The fourth-order valence-corrected chi connectivity index (χ4v) is 5.29. The summed E-state index contributed by atoms with van der Waals surface area (Å²) in [6, 6.07) is 3.86. The number of sulfonamides is 1. The van der Waals surface area contributed by atoms with Crippen molar-refractivity contribution in [1.29, 1.82) is 0 Å². The van der Waals surface area contributed by atoms with E-state index in [1.165, 1.54) is 15.6 Å². The molecule has 0 spiro atoms. The molecule has 1 aromatic heterocycles. The van der Waals surface area contributed by atoms with Gasteiger partial charge < -0.3 is 4.90 Å². The smallest absolute Gasteiger partial charge is 0.253 e. The van der Waals surface area contributed by atoms with Crippen LogP contribution in [0.4, 0.5) is 0 Å². The molecule has 1 aliphatic carbocycles. The lowest BCUT2D eigenvalue weighted by molar-refractivity contribution is -0.134. The SMILES string of the molecule is CCc1ccc(S(=O)(=O)N2CCN(C3CC3)C(=O)C2)s1. The predicted molar refractivity (Wildman–Crippen MR) is 77.2 cm³/mol. The number of amides is 1. The third-order valence-corrected chi connectivity index (χ3v) is 7.33. The third kappa shape index (κ3) is 2.49. The molecule has 0 unspecified atom stereocenters. The van der Waals surface area contributed by atoms with Gasteiger partial charge in [0.25, 0.3) is 10.0 Å². The minimum absolute atomic E-state index is 0.0157. The second-order valence-electron chi connectivity index (χ2n) is 5.23. The van der Waals surface area contributed by atoms with Crippen molar-refractivity contribution in [2.24, 2.45) is 0 Å². The van der Waals surface area contributed by atoms with E-state index in [4.69, 9.17) is 0 Å². The first-order valence-electron chi connectivity index (χ1n) is 6.90. The van der Waals surface area contributed by atoms with E-state index < -0.39 is 10.0 Å². The molecular weight excluding hydrogens is 296 g/mol. The van der Waals surface area contributed by atoms with Crippen LogP contribution in [0.3, 0.4) is 0 Å².